The van der Waals surface area contributed by atoms with Crippen LogP contribution >= 0.6 is 0 Å². The van der Waals surface area contributed by atoms with Crippen molar-refractivity contribution in [2.45, 2.75) is 13.0 Å². The van der Waals surface area contributed by atoms with Crippen LogP contribution in [0.15, 0.2) is 18.2 Å². The summed E-state index contributed by atoms with van der Waals surface area (Å²) < 4.78 is 13.2. The summed E-state index contributed by atoms with van der Waals surface area (Å²) in [5.74, 6) is -0.234. The maximum absolute atomic E-state index is 13.2. The van der Waals surface area contributed by atoms with Crippen LogP contribution in [0.5, 0.6) is 0 Å². The Morgan fingerprint density at radius 3 is 2.41 bits per heavy atom. The third-order valence-corrected chi connectivity index (χ3v) is 2.77. The Kier molecular flexibility index (Phi) is 4.90. The summed E-state index contributed by atoms with van der Waals surface area (Å²) >= 11 is 0. The Hall–Kier alpha value is -1.13. The molecule has 0 fully saturated rings. The Balaban J connectivity index is 2.88. The zero-order chi connectivity index (χ0) is 13.0. The lowest BCUT2D eigenvalue weighted by atomic mass is 10.1. The summed E-state index contributed by atoms with van der Waals surface area (Å²) in [5.41, 5.74) is 7.73. The second-order valence-electron chi connectivity index (χ2n) is 4.72. The van der Waals surface area contributed by atoms with Gasteiger partial charge in [0, 0.05) is 31.9 Å². The Morgan fingerprint density at radius 1 is 1.24 bits per heavy atom. The largest absolute Gasteiger partial charge is 0.373 e. The maximum Gasteiger partial charge on any atom is 0.123 e. The van der Waals surface area contributed by atoms with Gasteiger partial charge in [-0.25, -0.2) is 4.39 Å². The minimum atomic E-state index is -0.234. The summed E-state index contributed by atoms with van der Waals surface area (Å²) in [6.45, 7) is 3.71. The van der Waals surface area contributed by atoms with Gasteiger partial charge in [-0.3, -0.25) is 0 Å². The zero-order valence-corrected chi connectivity index (χ0v) is 11.1. The van der Waals surface area contributed by atoms with E-state index in [0.29, 0.717) is 0 Å². The molecule has 1 atom stereocenters. The first-order valence-corrected chi connectivity index (χ1v) is 5.82. The highest BCUT2D eigenvalue weighted by atomic mass is 19.1. The molecule has 17 heavy (non-hydrogen) atoms. The zero-order valence-electron chi connectivity index (χ0n) is 11.1. The van der Waals surface area contributed by atoms with Crippen molar-refractivity contribution in [1.29, 1.82) is 0 Å². The van der Waals surface area contributed by atoms with Crippen LogP contribution < -0.4 is 10.6 Å². The van der Waals surface area contributed by atoms with E-state index in [2.05, 4.69) is 9.80 Å². The number of halogens is 1. The first-order valence-electron chi connectivity index (χ1n) is 5.82. The van der Waals surface area contributed by atoms with Gasteiger partial charge in [0.05, 0.1) is 0 Å². The Labute approximate surface area is 103 Å². The van der Waals surface area contributed by atoms with Crippen molar-refractivity contribution in [2.24, 2.45) is 5.73 Å². The number of anilines is 1. The van der Waals surface area contributed by atoms with E-state index in [1.165, 1.54) is 12.1 Å². The summed E-state index contributed by atoms with van der Waals surface area (Å²) in [5, 5.41) is 0. The second kappa shape index (κ2) is 5.98. The van der Waals surface area contributed by atoms with E-state index in [1.54, 1.807) is 6.07 Å². The van der Waals surface area contributed by atoms with Crippen LogP contribution in [-0.4, -0.2) is 39.1 Å². The smallest absolute Gasteiger partial charge is 0.123 e. The summed E-state index contributed by atoms with van der Waals surface area (Å²) in [7, 11) is 6.07. The lowest BCUT2D eigenvalue weighted by Crippen LogP contribution is -2.29. The fourth-order valence-corrected chi connectivity index (χ4v) is 1.71. The van der Waals surface area contributed by atoms with Gasteiger partial charge in [-0.15, -0.1) is 0 Å². The summed E-state index contributed by atoms with van der Waals surface area (Å²) in [6, 6.07) is 4.63. The molecule has 96 valence electrons. The molecule has 3 nitrogen and oxygen atoms in total. The van der Waals surface area contributed by atoms with Crippen molar-refractivity contribution in [3.8, 4) is 0 Å². The number of hydrogen-bond donors (Lipinski definition) is 1. The SMILES string of the molecule is C[C@@H](N)c1cc(F)ccc1N(C)CCN(C)C. The van der Waals surface area contributed by atoms with Crippen molar-refractivity contribution in [3.63, 3.8) is 0 Å². The predicted octanol–water partition coefficient (Wildman–Crippen LogP) is 1.84. The van der Waals surface area contributed by atoms with Gasteiger partial charge < -0.3 is 15.5 Å². The topological polar surface area (TPSA) is 32.5 Å². The molecule has 4 heteroatoms. The maximum atomic E-state index is 13.2. The molecule has 0 amide bonds. The molecule has 0 aliphatic heterocycles. The number of benzene rings is 1. The first kappa shape index (κ1) is 13.9. The van der Waals surface area contributed by atoms with E-state index in [1.807, 2.05) is 28.1 Å². The molecule has 1 aromatic carbocycles. The number of rotatable bonds is 5. The first-order chi connectivity index (χ1) is 7.91. The van der Waals surface area contributed by atoms with Crippen molar-refractivity contribution in [2.75, 3.05) is 39.1 Å². The lowest BCUT2D eigenvalue weighted by molar-refractivity contribution is 0.416. The minimum Gasteiger partial charge on any atom is -0.373 e. The molecule has 0 heterocycles. The van der Waals surface area contributed by atoms with E-state index in [-0.39, 0.29) is 11.9 Å². The highest BCUT2D eigenvalue weighted by Gasteiger charge is 2.11. The molecule has 0 aliphatic rings. The fraction of sp³-hybridized carbons (Fsp3) is 0.538. The third kappa shape index (κ3) is 3.98. The van der Waals surface area contributed by atoms with Crippen molar-refractivity contribution in [3.05, 3.63) is 29.6 Å². The van der Waals surface area contributed by atoms with Gasteiger partial charge in [-0.05, 0) is 44.8 Å². The molecule has 0 aliphatic carbocycles. The molecule has 0 saturated heterocycles. The third-order valence-electron chi connectivity index (χ3n) is 2.77. The molecule has 0 aromatic heterocycles. The van der Waals surface area contributed by atoms with Gasteiger partial charge in [-0.2, -0.15) is 0 Å². The van der Waals surface area contributed by atoms with Gasteiger partial charge in [-0.1, -0.05) is 0 Å². The normalized spacial score (nSPS) is 12.9. The van der Waals surface area contributed by atoms with E-state index in [9.17, 15) is 4.39 Å². The van der Waals surface area contributed by atoms with Crippen LogP contribution in [0.4, 0.5) is 10.1 Å². The van der Waals surface area contributed by atoms with Gasteiger partial charge in [0.1, 0.15) is 5.82 Å². The molecular weight excluding hydrogens is 217 g/mol. The predicted molar refractivity (Wildman–Crippen MR) is 70.8 cm³/mol. The highest BCUT2D eigenvalue weighted by Crippen LogP contribution is 2.25. The van der Waals surface area contributed by atoms with Crippen LogP contribution in [0.1, 0.15) is 18.5 Å². The van der Waals surface area contributed by atoms with Crippen molar-refractivity contribution >= 4 is 5.69 Å². The van der Waals surface area contributed by atoms with E-state index >= 15 is 0 Å². The number of likely N-dealkylation sites (N-methyl/N-ethyl adjacent to an activating group) is 2. The van der Waals surface area contributed by atoms with E-state index in [4.69, 9.17) is 5.73 Å². The molecule has 0 unspecified atom stereocenters. The lowest BCUT2D eigenvalue weighted by Gasteiger charge is -2.25. The number of nitrogens with two attached hydrogens (primary N) is 1. The highest BCUT2D eigenvalue weighted by molar-refractivity contribution is 5.54. The Morgan fingerprint density at radius 2 is 1.88 bits per heavy atom. The molecule has 2 N–H and O–H groups in total. The van der Waals surface area contributed by atoms with Gasteiger partial charge in [0.25, 0.3) is 0 Å². The number of nitrogens with zero attached hydrogens (tertiary/aromatic N) is 2. The van der Waals surface area contributed by atoms with Gasteiger partial charge in [0.2, 0.25) is 0 Å². The molecule has 0 radical (unpaired) electrons. The molecular formula is C13H22FN3. The molecule has 1 rings (SSSR count). The van der Waals surface area contributed by atoms with Gasteiger partial charge in [0.15, 0.2) is 0 Å². The monoisotopic (exact) mass is 239 g/mol. The van der Waals surface area contributed by atoms with Crippen LogP contribution in [-0.2, 0) is 0 Å². The minimum absolute atomic E-state index is 0.164. The Bertz CT molecular complexity index is 364. The second-order valence-corrected chi connectivity index (χ2v) is 4.72. The van der Waals surface area contributed by atoms with Crippen molar-refractivity contribution < 1.29 is 4.39 Å². The van der Waals surface area contributed by atoms with Gasteiger partial charge >= 0.3 is 0 Å². The van der Waals surface area contributed by atoms with Crippen LogP contribution in [0, 0.1) is 5.82 Å². The van der Waals surface area contributed by atoms with Crippen LogP contribution in [0.25, 0.3) is 0 Å². The van der Waals surface area contributed by atoms with E-state index < -0.39 is 0 Å². The standard InChI is InChI=1S/C13H22FN3/c1-10(15)12-9-11(14)5-6-13(12)17(4)8-7-16(2)3/h5-6,9-10H,7-8,15H2,1-4H3/t10-/m1/s1. The molecule has 1 aromatic rings. The fourth-order valence-electron chi connectivity index (χ4n) is 1.71. The average molecular weight is 239 g/mol. The van der Waals surface area contributed by atoms with Crippen LogP contribution in [0.3, 0.4) is 0 Å². The van der Waals surface area contributed by atoms with E-state index in [0.717, 1.165) is 24.3 Å². The average Bonchev–Trinajstić information content (AvgIpc) is 2.25. The molecule has 0 spiro atoms. The number of hydrogen-bond acceptors (Lipinski definition) is 3. The summed E-state index contributed by atoms with van der Waals surface area (Å²) in [6.07, 6.45) is 0. The molecule has 0 saturated carbocycles. The van der Waals surface area contributed by atoms with Crippen molar-refractivity contribution in [1.82, 2.24) is 4.90 Å². The molecule has 0 bridgehead atoms. The summed E-state index contributed by atoms with van der Waals surface area (Å²) in [4.78, 5) is 4.23. The quantitative estimate of drug-likeness (QED) is 0.851. The van der Waals surface area contributed by atoms with Crippen LogP contribution in [0.2, 0.25) is 0 Å².